The number of hydrogen-bond acceptors (Lipinski definition) is 5. The number of methoxy groups -OCH3 is 1. The van der Waals surface area contributed by atoms with Crippen molar-refractivity contribution in [1.82, 2.24) is 9.88 Å². The highest BCUT2D eigenvalue weighted by Crippen LogP contribution is 2.27. The molecule has 5 heteroatoms. The fourth-order valence-corrected chi connectivity index (χ4v) is 3.25. The van der Waals surface area contributed by atoms with Gasteiger partial charge < -0.3 is 4.74 Å². The second kappa shape index (κ2) is 5.59. The summed E-state index contributed by atoms with van der Waals surface area (Å²) in [6.45, 7) is 8.20. The van der Waals surface area contributed by atoms with Gasteiger partial charge in [0.2, 0.25) is 0 Å². The number of likely N-dealkylation sites (tertiary alicyclic amines) is 1. The van der Waals surface area contributed by atoms with Gasteiger partial charge in [0.25, 0.3) is 0 Å². The van der Waals surface area contributed by atoms with Gasteiger partial charge in [-0.05, 0) is 19.4 Å². The Balaban J connectivity index is 2.04. The summed E-state index contributed by atoms with van der Waals surface area (Å²) in [6, 6.07) is -0.0928. The van der Waals surface area contributed by atoms with Gasteiger partial charge in [0.1, 0.15) is 6.04 Å². The Labute approximate surface area is 118 Å². The van der Waals surface area contributed by atoms with Crippen LogP contribution in [-0.2, 0) is 21.5 Å². The van der Waals surface area contributed by atoms with E-state index in [0.29, 0.717) is 0 Å². The van der Waals surface area contributed by atoms with E-state index in [0.717, 1.165) is 36.6 Å². The number of carbonyl (C=O) groups is 1. The molecule has 1 unspecified atom stereocenters. The molecule has 19 heavy (non-hydrogen) atoms. The van der Waals surface area contributed by atoms with Crippen LogP contribution in [0.5, 0.6) is 0 Å². The number of hydrogen-bond donors (Lipinski definition) is 0. The molecule has 2 rings (SSSR count). The van der Waals surface area contributed by atoms with Crippen molar-refractivity contribution in [3.8, 4) is 0 Å². The first-order valence-electron chi connectivity index (χ1n) is 6.68. The van der Waals surface area contributed by atoms with Crippen LogP contribution in [0.15, 0.2) is 5.38 Å². The van der Waals surface area contributed by atoms with E-state index in [1.165, 1.54) is 7.11 Å². The van der Waals surface area contributed by atoms with Crippen LogP contribution >= 0.6 is 11.3 Å². The SMILES string of the molecule is COC(=O)C1CCCN1Cc1csc(C(C)(C)C)n1. The van der Waals surface area contributed by atoms with Crippen LogP contribution < -0.4 is 0 Å². The third kappa shape index (κ3) is 3.34. The zero-order valence-electron chi connectivity index (χ0n) is 12.1. The molecule has 0 bridgehead atoms. The van der Waals surface area contributed by atoms with Gasteiger partial charge >= 0.3 is 5.97 Å². The molecule has 1 saturated heterocycles. The summed E-state index contributed by atoms with van der Waals surface area (Å²) in [5.41, 5.74) is 1.15. The van der Waals surface area contributed by atoms with E-state index in [1.54, 1.807) is 11.3 Å². The van der Waals surface area contributed by atoms with Gasteiger partial charge in [-0.1, -0.05) is 20.8 Å². The van der Waals surface area contributed by atoms with Gasteiger partial charge in [0, 0.05) is 17.3 Å². The zero-order valence-corrected chi connectivity index (χ0v) is 12.9. The maximum Gasteiger partial charge on any atom is 0.323 e. The topological polar surface area (TPSA) is 42.4 Å². The molecule has 4 nitrogen and oxygen atoms in total. The van der Waals surface area contributed by atoms with Crippen molar-refractivity contribution in [2.75, 3.05) is 13.7 Å². The standard InChI is InChI=1S/C14H22N2O2S/c1-14(2,3)13-15-10(9-19-13)8-16-7-5-6-11(16)12(17)18-4/h9,11H,5-8H2,1-4H3. The largest absolute Gasteiger partial charge is 0.468 e. The van der Waals surface area contributed by atoms with Crippen LogP contribution in [0, 0.1) is 0 Å². The van der Waals surface area contributed by atoms with Crippen LogP contribution in [0.4, 0.5) is 0 Å². The second-order valence-corrected chi connectivity index (χ2v) is 6.90. The Hall–Kier alpha value is -0.940. The van der Waals surface area contributed by atoms with E-state index in [2.05, 4.69) is 36.0 Å². The number of rotatable bonds is 3. The van der Waals surface area contributed by atoms with Crippen molar-refractivity contribution in [3.63, 3.8) is 0 Å². The minimum Gasteiger partial charge on any atom is -0.468 e. The van der Waals surface area contributed by atoms with E-state index in [-0.39, 0.29) is 17.4 Å². The summed E-state index contributed by atoms with van der Waals surface area (Å²) in [6.07, 6.45) is 1.94. The first-order chi connectivity index (χ1) is 8.91. The Bertz CT molecular complexity index is 451. The summed E-state index contributed by atoms with van der Waals surface area (Å²) >= 11 is 1.70. The lowest BCUT2D eigenvalue weighted by Gasteiger charge is -2.21. The van der Waals surface area contributed by atoms with E-state index < -0.39 is 0 Å². The molecule has 1 aliphatic rings. The minimum absolute atomic E-state index is 0.0928. The summed E-state index contributed by atoms with van der Waals surface area (Å²) < 4.78 is 4.86. The number of esters is 1. The van der Waals surface area contributed by atoms with E-state index in [1.807, 2.05) is 0 Å². The molecule has 0 spiro atoms. The zero-order chi connectivity index (χ0) is 14.0. The molecular weight excluding hydrogens is 260 g/mol. The van der Waals surface area contributed by atoms with Crippen molar-refractivity contribution < 1.29 is 9.53 Å². The second-order valence-electron chi connectivity index (χ2n) is 6.05. The number of thiazole rings is 1. The van der Waals surface area contributed by atoms with Crippen molar-refractivity contribution in [2.24, 2.45) is 0 Å². The molecule has 2 heterocycles. The van der Waals surface area contributed by atoms with E-state index in [9.17, 15) is 4.79 Å². The number of ether oxygens (including phenoxy) is 1. The molecule has 1 atom stereocenters. The van der Waals surface area contributed by atoms with Crippen molar-refractivity contribution in [3.05, 3.63) is 16.1 Å². The van der Waals surface area contributed by atoms with Crippen LogP contribution in [0.1, 0.15) is 44.3 Å². The first kappa shape index (κ1) is 14.5. The fourth-order valence-electron chi connectivity index (χ4n) is 2.35. The maximum atomic E-state index is 11.7. The normalized spacial score (nSPS) is 20.7. The smallest absolute Gasteiger partial charge is 0.323 e. The van der Waals surface area contributed by atoms with Crippen LogP contribution in [-0.4, -0.2) is 35.5 Å². The van der Waals surface area contributed by atoms with Gasteiger partial charge in [-0.25, -0.2) is 4.98 Å². The minimum atomic E-state index is -0.122. The van der Waals surface area contributed by atoms with E-state index >= 15 is 0 Å². The maximum absolute atomic E-state index is 11.7. The summed E-state index contributed by atoms with van der Waals surface area (Å²) in [5.74, 6) is -0.122. The highest BCUT2D eigenvalue weighted by atomic mass is 32.1. The highest BCUT2D eigenvalue weighted by molar-refractivity contribution is 7.09. The van der Waals surface area contributed by atoms with Gasteiger partial charge in [-0.15, -0.1) is 11.3 Å². The summed E-state index contributed by atoms with van der Waals surface area (Å²) in [5, 5.41) is 3.25. The molecule has 1 aliphatic heterocycles. The molecule has 0 N–H and O–H groups in total. The molecule has 0 aromatic carbocycles. The molecule has 0 aliphatic carbocycles. The van der Waals surface area contributed by atoms with E-state index in [4.69, 9.17) is 4.74 Å². The molecule has 1 fully saturated rings. The third-order valence-corrected chi connectivity index (χ3v) is 4.71. The summed E-state index contributed by atoms with van der Waals surface area (Å²) in [4.78, 5) is 18.6. The highest BCUT2D eigenvalue weighted by Gasteiger charge is 2.32. The fraction of sp³-hybridized carbons (Fsp3) is 0.714. The van der Waals surface area contributed by atoms with Gasteiger partial charge in [0.15, 0.2) is 0 Å². The lowest BCUT2D eigenvalue weighted by molar-refractivity contribution is -0.146. The lowest BCUT2D eigenvalue weighted by Crippen LogP contribution is -2.36. The van der Waals surface area contributed by atoms with Crippen molar-refractivity contribution in [1.29, 1.82) is 0 Å². The Morgan fingerprint density at radius 2 is 2.32 bits per heavy atom. The summed E-state index contributed by atoms with van der Waals surface area (Å²) in [7, 11) is 1.46. The molecule has 0 amide bonds. The molecular formula is C14H22N2O2S. The molecule has 1 aromatic heterocycles. The van der Waals surface area contributed by atoms with Crippen LogP contribution in [0.3, 0.4) is 0 Å². The van der Waals surface area contributed by atoms with Crippen LogP contribution in [0.2, 0.25) is 0 Å². The quantitative estimate of drug-likeness (QED) is 0.799. The molecule has 1 aromatic rings. The van der Waals surface area contributed by atoms with Gasteiger partial charge in [-0.3, -0.25) is 9.69 Å². The van der Waals surface area contributed by atoms with Gasteiger partial charge in [-0.2, -0.15) is 0 Å². The molecule has 0 radical (unpaired) electrons. The van der Waals surface area contributed by atoms with Crippen LogP contribution in [0.25, 0.3) is 0 Å². The number of carbonyl (C=O) groups excluding carboxylic acids is 1. The Morgan fingerprint density at radius 1 is 1.58 bits per heavy atom. The molecule has 0 saturated carbocycles. The average Bonchev–Trinajstić information content (AvgIpc) is 2.97. The Kier molecular flexibility index (Phi) is 4.26. The number of nitrogens with zero attached hydrogens (tertiary/aromatic N) is 2. The lowest BCUT2D eigenvalue weighted by atomic mass is 9.98. The monoisotopic (exact) mass is 282 g/mol. The first-order valence-corrected chi connectivity index (χ1v) is 7.56. The van der Waals surface area contributed by atoms with Gasteiger partial charge in [0.05, 0.1) is 17.8 Å². The van der Waals surface area contributed by atoms with Crippen molar-refractivity contribution >= 4 is 17.3 Å². The Morgan fingerprint density at radius 3 is 2.89 bits per heavy atom. The van der Waals surface area contributed by atoms with Crippen molar-refractivity contribution in [2.45, 2.75) is 51.6 Å². The number of aromatic nitrogens is 1. The average molecular weight is 282 g/mol. The molecule has 106 valence electrons. The third-order valence-electron chi connectivity index (χ3n) is 3.40. The predicted octanol–water partition coefficient (Wildman–Crippen LogP) is 2.58. The predicted molar refractivity (Wildman–Crippen MR) is 76.3 cm³/mol.